The molecule has 0 unspecified atom stereocenters. The first-order valence-corrected chi connectivity index (χ1v) is 7.53. The zero-order valence-corrected chi connectivity index (χ0v) is 13.5. The normalized spacial score (nSPS) is 15.0. The van der Waals surface area contributed by atoms with Gasteiger partial charge in [0, 0.05) is 19.6 Å². The molecule has 0 bridgehead atoms. The molecular weight excluding hydrogens is 284 g/mol. The lowest BCUT2D eigenvalue weighted by Crippen LogP contribution is -2.37. The van der Waals surface area contributed by atoms with Crippen molar-refractivity contribution in [1.82, 2.24) is 9.80 Å². The highest BCUT2D eigenvalue weighted by molar-refractivity contribution is 5.72. The van der Waals surface area contributed by atoms with E-state index in [9.17, 15) is 9.90 Å². The molecule has 0 spiro atoms. The Morgan fingerprint density at radius 3 is 2.55 bits per heavy atom. The van der Waals surface area contributed by atoms with E-state index in [0.717, 1.165) is 32.4 Å². The summed E-state index contributed by atoms with van der Waals surface area (Å²) in [7, 11) is 5.30. The minimum Gasteiger partial charge on any atom is -0.504 e. The second-order valence-electron chi connectivity index (χ2n) is 5.75. The Bertz CT molecular complexity index is 525. The van der Waals surface area contributed by atoms with Crippen LogP contribution in [0.15, 0.2) is 12.1 Å². The molecule has 1 heterocycles. The highest BCUT2D eigenvalue weighted by Gasteiger charge is 2.22. The van der Waals surface area contributed by atoms with Crippen LogP contribution in [0.5, 0.6) is 17.2 Å². The Morgan fingerprint density at radius 2 is 1.95 bits per heavy atom. The van der Waals surface area contributed by atoms with E-state index in [1.165, 1.54) is 13.2 Å². The molecule has 0 radical (unpaired) electrons. The molecule has 0 aliphatic carbocycles. The van der Waals surface area contributed by atoms with Gasteiger partial charge in [0.2, 0.25) is 0 Å². The SMILES string of the molecule is COc1c(O)ccc(OC(=O)N2CCCCC2)c1CN(C)C. The van der Waals surface area contributed by atoms with Gasteiger partial charge in [-0.1, -0.05) is 0 Å². The summed E-state index contributed by atoms with van der Waals surface area (Å²) < 4.78 is 10.8. The maximum atomic E-state index is 12.3. The van der Waals surface area contributed by atoms with Crippen LogP contribution in [0.4, 0.5) is 4.79 Å². The zero-order chi connectivity index (χ0) is 16.1. The average Bonchev–Trinajstić information content (AvgIpc) is 2.50. The summed E-state index contributed by atoms with van der Waals surface area (Å²) >= 11 is 0. The van der Waals surface area contributed by atoms with Crippen molar-refractivity contribution in [3.63, 3.8) is 0 Å². The smallest absolute Gasteiger partial charge is 0.415 e. The van der Waals surface area contributed by atoms with Gasteiger partial charge in [-0.15, -0.1) is 0 Å². The summed E-state index contributed by atoms with van der Waals surface area (Å²) in [6, 6.07) is 3.09. The number of rotatable bonds is 4. The lowest BCUT2D eigenvalue weighted by molar-refractivity contribution is 0.141. The Kier molecular flexibility index (Phi) is 5.49. The van der Waals surface area contributed by atoms with E-state index in [-0.39, 0.29) is 11.8 Å². The maximum absolute atomic E-state index is 12.3. The van der Waals surface area contributed by atoms with Crippen LogP contribution in [0.2, 0.25) is 0 Å². The quantitative estimate of drug-likeness (QED) is 0.925. The molecule has 2 rings (SSSR count). The molecule has 1 aromatic rings. The number of phenolic OH excluding ortho intramolecular Hbond substituents is 1. The van der Waals surface area contributed by atoms with Crippen molar-refractivity contribution in [3.05, 3.63) is 17.7 Å². The van der Waals surface area contributed by atoms with Crippen LogP contribution < -0.4 is 9.47 Å². The first kappa shape index (κ1) is 16.4. The van der Waals surface area contributed by atoms with Crippen LogP contribution in [0.1, 0.15) is 24.8 Å². The number of carbonyl (C=O) groups excluding carboxylic acids is 1. The molecule has 0 saturated carbocycles. The van der Waals surface area contributed by atoms with Crippen molar-refractivity contribution in [1.29, 1.82) is 0 Å². The summed E-state index contributed by atoms with van der Waals surface area (Å²) in [5.74, 6) is 0.814. The summed E-state index contributed by atoms with van der Waals surface area (Å²) in [6.07, 6.45) is 2.84. The fourth-order valence-corrected chi connectivity index (χ4v) is 2.62. The van der Waals surface area contributed by atoms with Gasteiger partial charge in [-0.3, -0.25) is 0 Å². The molecule has 1 saturated heterocycles. The third-order valence-corrected chi connectivity index (χ3v) is 3.69. The Labute approximate surface area is 131 Å². The second kappa shape index (κ2) is 7.35. The minimum absolute atomic E-state index is 0.0390. The molecule has 1 N–H and O–H groups in total. The van der Waals surface area contributed by atoms with Gasteiger partial charge in [0.1, 0.15) is 5.75 Å². The number of amides is 1. The van der Waals surface area contributed by atoms with Crippen LogP contribution in [-0.4, -0.2) is 55.3 Å². The number of piperidine rings is 1. The van der Waals surface area contributed by atoms with Crippen LogP contribution in [0, 0.1) is 0 Å². The molecule has 22 heavy (non-hydrogen) atoms. The molecule has 0 atom stereocenters. The van der Waals surface area contributed by atoms with Gasteiger partial charge in [-0.2, -0.15) is 0 Å². The van der Waals surface area contributed by atoms with Crippen molar-refractivity contribution in [2.24, 2.45) is 0 Å². The standard InChI is InChI=1S/C16H24N2O4/c1-17(2)11-12-14(8-7-13(19)15(12)21-3)22-16(20)18-9-5-4-6-10-18/h7-8,19H,4-6,9-11H2,1-3H3. The van der Waals surface area contributed by atoms with E-state index >= 15 is 0 Å². The molecule has 1 amide bonds. The highest BCUT2D eigenvalue weighted by Crippen LogP contribution is 2.37. The van der Waals surface area contributed by atoms with Crippen LogP contribution in [0.3, 0.4) is 0 Å². The monoisotopic (exact) mass is 308 g/mol. The second-order valence-corrected chi connectivity index (χ2v) is 5.75. The molecule has 6 heteroatoms. The maximum Gasteiger partial charge on any atom is 0.415 e. The van der Waals surface area contributed by atoms with Gasteiger partial charge in [0.15, 0.2) is 11.5 Å². The third-order valence-electron chi connectivity index (χ3n) is 3.69. The number of phenols is 1. The van der Waals surface area contributed by atoms with E-state index in [1.54, 1.807) is 11.0 Å². The molecule has 1 fully saturated rings. The number of nitrogens with zero attached hydrogens (tertiary/aromatic N) is 2. The van der Waals surface area contributed by atoms with Crippen molar-refractivity contribution in [2.45, 2.75) is 25.8 Å². The molecule has 6 nitrogen and oxygen atoms in total. The van der Waals surface area contributed by atoms with Crippen LogP contribution >= 0.6 is 0 Å². The number of hydrogen-bond donors (Lipinski definition) is 1. The van der Waals surface area contributed by atoms with E-state index in [0.29, 0.717) is 23.6 Å². The van der Waals surface area contributed by atoms with Gasteiger partial charge < -0.3 is 24.4 Å². The number of methoxy groups -OCH3 is 1. The summed E-state index contributed by atoms with van der Waals surface area (Å²) in [4.78, 5) is 15.9. The van der Waals surface area contributed by atoms with Gasteiger partial charge in [-0.05, 0) is 45.5 Å². The minimum atomic E-state index is -0.340. The Balaban J connectivity index is 2.23. The van der Waals surface area contributed by atoms with Crippen molar-refractivity contribution < 1.29 is 19.4 Å². The summed E-state index contributed by atoms with van der Waals surface area (Å²) in [6.45, 7) is 1.97. The first-order valence-electron chi connectivity index (χ1n) is 7.53. The van der Waals surface area contributed by atoms with Crippen molar-refractivity contribution >= 4 is 6.09 Å². The lowest BCUT2D eigenvalue weighted by Gasteiger charge is -2.26. The Hall–Kier alpha value is -1.95. The van der Waals surface area contributed by atoms with E-state index in [2.05, 4.69) is 0 Å². The van der Waals surface area contributed by atoms with Gasteiger partial charge in [0.05, 0.1) is 12.7 Å². The summed E-state index contributed by atoms with van der Waals surface area (Å²) in [5, 5.41) is 9.92. The topological polar surface area (TPSA) is 62.2 Å². The highest BCUT2D eigenvalue weighted by atomic mass is 16.6. The zero-order valence-electron chi connectivity index (χ0n) is 13.5. The predicted octanol–water partition coefficient (Wildman–Crippen LogP) is 2.45. The number of ether oxygens (including phenoxy) is 2. The van der Waals surface area contributed by atoms with E-state index in [4.69, 9.17) is 9.47 Å². The molecule has 0 aromatic heterocycles. The van der Waals surface area contributed by atoms with Crippen molar-refractivity contribution in [2.75, 3.05) is 34.3 Å². The van der Waals surface area contributed by atoms with Gasteiger partial charge in [-0.25, -0.2) is 4.79 Å². The van der Waals surface area contributed by atoms with E-state index < -0.39 is 0 Å². The van der Waals surface area contributed by atoms with Gasteiger partial charge in [0.25, 0.3) is 0 Å². The largest absolute Gasteiger partial charge is 0.504 e. The van der Waals surface area contributed by atoms with Crippen molar-refractivity contribution in [3.8, 4) is 17.2 Å². The third kappa shape index (κ3) is 3.82. The number of hydrogen-bond acceptors (Lipinski definition) is 5. The first-order chi connectivity index (χ1) is 10.5. The van der Waals surface area contributed by atoms with E-state index in [1.807, 2.05) is 19.0 Å². The molecule has 1 aliphatic rings. The molecular formula is C16H24N2O4. The number of carbonyl (C=O) groups is 1. The fourth-order valence-electron chi connectivity index (χ4n) is 2.62. The molecule has 1 aliphatic heterocycles. The molecule has 122 valence electrons. The predicted molar refractivity (Wildman–Crippen MR) is 83.5 cm³/mol. The van der Waals surface area contributed by atoms with Crippen LogP contribution in [-0.2, 0) is 6.54 Å². The average molecular weight is 308 g/mol. The van der Waals surface area contributed by atoms with Crippen LogP contribution in [0.25, 0.3) is 0 Å². The lowest BCUT2D eigenvalue weighted by atomic mass is 10.1. The Morgan fingerprint density at radius 1 is 1.27 bits per heavy atom. The summed E-state index contributed by atoms with van der Waals surface area (Å²) in [5.41, 5.74) is 0.665. The molecule has 1 aromatic carbocycles. The number of likely N-dealkylation sites (tertiary alicyclic amines) is 1. The number of aromatic hydroxyl groups is 1. The fraction of sp³-hybridized carbons (Fsp3) is 0.562. The van der Waals surface area contributed by atoms with Gasteiger partial charge >= 0.3 is 6.09 Å². The number of benzene rings is 1.